The summed E-state index contributed by atoms with van der Waals surface area (Å²) in [7, 11) is 3.79. The highest BCUT2D eigenvalue weighted by Gasteiger charge is 2.18. The molecule has 0 amide bonds. The van der Waals surface area contributed by atoms with E-state index >= 15 is 0 Å². The molecular formula is C25H25N9O. The molecule has 10 heteroatoms. The summed E-state index contributed by atoms with van der Waals surface area (Å²) in [4.78, 5) is 18.9. The lowest BCUT2D eigenvalue weighted by atomic mass is 10.1. The number of ether oxygens (including phenoxy) is 1. The van der Waals surface area contributed by atoms with Gasteiger partial charge in [-0.2, -0.15) is 10.2 Å². The van der Waals surface area contributed by atoms with E-state index in [1.54, 1.807) is 30.4 Å². The third-order valence-corrected chi connectivity index (χ3v) is 6.35. The second-order valence-corrected chi connectivity index (χ2v) is 8.56. The largest absolute Gasteiger partial charge is 0.496 e. The summed E-state index contributed by atoms with van der Waals surface area (Å²) in [5.41, 5.74) is 3.33. The molecule has 1 fully saturated rings. The van der Waals surface area contributed by atoms with Gasteiger partial charge in [-0.3, -0.25) is 5.10 Å². The van der Waals surface area contributed by atoms with Crippen molar-refractivity contribution >= 4 is 16.7 Å². The van der Waals surface area contributed by atoms with Gasteiger partial charge >= 0.3 is 0 Å². The molecule has 5 heterocycles. The molecule has 1 saturated heterocycles. The van der Waals surface area contributed by atoms with Gasteiger partial charge in [0.15, 0.2) is 11.6 Å². The van der Waals surface area contributed by atoms with Crippen LogP contribution in [0.1, 0.15) is 0 Å². The predicted molar refractivity (Wildman–Crippen MR) is 134 cm³/mol. The van der Waals surface area contributed by atoms with Gasteiger partial charge in [0.25, 0.3) is 0 Å². The Kier molecular flexibility index (Phi) is 5.34. The average Bonchev–Trinajstić information content (AvgIpc) is 3.59. The quantitative estimate of drug-likeness (QED) is 0.421. The number of nitrogens with one attached hydrogen (secondary N) is 1. The standard InChI is InChI=1S/C25H25N9O/c1-32-10-12-33(13-11-32)22-4-3-5-23(30-22)34-16-17(14-28-34)19-8-9-26-25(29-19)24-18-15-27-31-20(18)6-7-21(24)35-2/h3-9,14-16H,10-13H2,1-2H3,(H,27,31). The van der Waals surface area contributed by atoms with Crippen LogP contribution in [-0.2, 0) is 0 Å². The molecule has 176 valence electrons. The van der Waals surface area contributed by atoms with Crippen LogP contribution in [0.2, 0.25) is 0 Å². The number of aromatic nitrogens is 7. The molecule has 6 rings (SSSR count). The molecule has 1 aliphatic heterocycles. The smallest absolute Gasteiger partial charge is 0.164 e. The number of methoxy groups -OCH3 is 1. The lowest BCUT2D eigenvalue weighted by Crippen LogP contribution is -2.44. The Balaban J connectivity index is 1.32. The molecule has 1 N–H and O–H groups in total. The van der Waals surface area contributed by atoms with E-state index in [0.717, 1.165) is 65.5 Å². The molecule has 0 atom stereocenters. The predicted octanol–water partition coefficient (Wildman–Crippen LogP) is 3.03. The van der Waals surface area contributed by atoms with Gasteiger partial charge in [-0.25, -0.2) is 19.6 Å². The molecule has 4 aromatic heterocycles. The molecule has 0 unspecified atom stereocenters. The maximum Gasteiger partial charge on any atom is 0.164 e. The van der Waals surface area contributed by atoms with Crippen molar-refractivity contribution in [3.05, 3.63) is 61.2 Å². The van der Waals surface area contributed by atoms with Crippen LogP contribution in [-0.4, -0.2) is 80.2 Å². The van der Waals surface area contributed by atoms with Crippen LogP contribution in [0.3, 0.4) is 0 Å². The maximum absolute atomic E-state index is 5.60. The van der Waals surface area contributed by atoms with E-state index in [0.29, 0.717) is 11.6 Å². The van der Waals surface area contributed by atoms with Crippen molar-refractivity contribution < 1.29 is 4.74 Å². The lowest BCUT2D eigenvalue weighted by Gasteiger charge is -2.33. The molecule has 35 heavy (non-hydrogen) atoms. The Morgan fingerprint density at radius 1 is 0.943 bits per heavy atom. The van der Waals surface area contributed by atoms with E-state index in [9.17, 15) is 0 Å². The number of fused-ring (bicyclic) bond motifs is 1. The van der Waals surface area contributed by atoms with Crippen LogP contribution in [0.15, 0.2) is 61.2 Å². The highest BCUT2D eigenvalue weighted by molar-refractivity contribution is 5.96. The number of likely N-dealkylation sites (N-methyl/N-ethyl adjacent to an activating group) is 1. The number of rotatable bonds is 5. The molecule has 0 spiro atoms. The summed E-state index contributed by atoms with van der Waals surface area (Å²) < 4.78 is 7.38. The highest BCUT2D eigenvalue weighted by atomic mass is 16.5. The number of piperazine rings is 1. The van der Waals surface area contributed by atoms with Gasteiger partial charge in [-0.1, -0.05) is 6.07 Å². The van der Waals surface area contributed by atoms with Crippen LogP contribution in [0.4, 0.5) is 5.82 Å². The molecule has 0 aliphatic carbocycles. The minimum atomic E-state index is 0.564. The minimum Gasteiger partial charge on any atom is -0.496 e. The van der Waals surface area contributed by atoms with Crippen LogP contribution >= 0.6 is 0 Å². The molecule has 0 radical (unpaired) electrons. The van der Waals surface area contributed by atoms with E-state index in [1.807, 2.05) is 36.5 Å². The number of aromatic amines is 1. The van der Waals surface area contributed by atoms with Crippen molar-refractivity contribution in [2.75, 3.05) is 45.2 Å². The summed E-state index contributed by atoms with van der Waals surface area (Å²) in [5.74, 6) is 3.00. The Labute approximate surface area is 202 Å². The first-order valence-corrected chi connectivity index (χ1v) is 11.5. The lowest BCUT2D eigenvalue weighted by molar-refractivity contribution is 0.312. The Morgan fingerprint density at radius 3 is 2.66 bits per heavy atom. The summed E-state index contributed by atoms with van der Waals surface area (Å²) in [5, 5.41) is 12.6. The second kappa shape index (κ2) is 8.80. The van der Waals surface area contributed by atoms with Crippen molar-refractivity contribution in [2.45, 2.75) is 0 Å². The summed E-state index contributed by atoms with van der Waals surface area (Å²) in [6.45, 7) is 4.00. The summed E-state index contributed by atoms with van der Waals surface area (Å²) in [6, 6.07) is 11.7. The van der Waals surface area contributed by atoms with Crippen molar-refractivity contribution in [3.8, 4) is 34.2 Å². The first-order chi connectivity index (χ1) is 17.2. The number of pyridine rings is 1. The summed E-state index contributed by atoms with van der Waals surface area (Å²) in [6.07, 6.45) is 7.25. The fourth-order valence-electron chi connectivity index (χ4n) is 4.37. The molecule has 0 saturated carbocycles. The molecule has 1 aliphatic rings. The monoisotopic (exact) mass is 467 g/mol. The SMILES string of the molecule is COc1ccc2[nH]ncc2c1-c1nccc(-c2cnn(-c3cccc(N4CCN(C)CC4)n3)c2)n1. The van der Waals surface area contributed by atoms with Gasteiger partial charge in [0.05, 0.1) is 36.3 Å². The molecular weight excluding hydrogens is 442 g/mol. The zero-order chi connectivity index (χ0) is 23.8. The van der Waals surface area contributed by atoms with Crippen molar-refractivity contribution in [1.29, 1.82) is 0 Å². The topological polar surface area (TPSA) is 101 Å². The van der Waals surface area contributed by atoms with Crippen molar-refractivity contribution in [2.24, 2.45) is 0 Å². The third-order valence-electron chi connectivity index (χ3n) is 6.35. The van der Waals surface area contributed by atoms with Gasteiger partial charge in [-0.15, -0.1) is 0 Å². The van der Waals surface area contributed by atoms with Gasteiger partial charge in [0, 0.05) is 49.5 Å². The van der Waals surface area contributed by atoms with Crippen LogP contribution in [0.25, 0.3) is 39.4 Å². The maximum atomic E-state index is 5.60. The van der Waals surface area contributed by atoms with Crippen LogP contribution < -0.4 is 9.64 Å². The molecule has 1 aromatic carbocycles. The number of benzene rings is 1. The van der Waals surface area contributed by atoms with E-state index in [4.69, 9.17) is 14.7 Å². The van der Waals surface area contributed by atoms with Crippen molar-refractivity contribution in [1.82, 2.24) is 39.8 Å². The number of H-pyrrole nitrogens is 1. The van der Waals surface area contributed by atoms with Crippen LogP contribution in [0, 0.1) is 0 Å². The van der Waals surface area contributed by atoms with E-state index in [-0.39, 0.29) is 0 Å². The zero-order valence-corrected chi connectivity index (χ0v) is 19.6. The second-order valence-electron chi connectivity index (χ2n) is 8.56. The van der Waals surface area contributed by atoms with Gasteiger partial charge in [-0.05, 0) is 37.4 Å². The number of anilines is 1. The zero-order valence-electron chi connectivity index (χ0n) is 19.6. The fraction of sp³-hybridized carbons (Fsp3) is 0.240. The first-order valence-electron chi connectivity index (χ1n) is 11.5. The van der Waals surface area contributed by atoms with Gasteiger partial charge in [0.2, 0.25) is 0 Å². The molecule has 0 bridgehead atoms. The van der Waals surface area contributed by atoms with E-state index < -0.39 is 0 Å². The summed E-state index contributed by atoms with van der Waals surface area (Å²) >= 11 is 0. The number of hydrogen-bond donors (Lipinski definition) is 1. The molecule has 10 nitrogen and oxygen atoms in total. The van der Waals surface area contributed by atoms with Crippen LogP contribution in [0.5, 0.6) is 5.75 Å². The van der Waals surface area contributed by atoms with E-state index in [2.05, 4.69) is 43.2 Å². The Hall–Kier alpha value is -4.31. The normalized spacial score (nSPS) is 14.5. The Bertz CT molecular complexity index is 1480. The average molecular weight is 468 g/mol. The van der Waals surface area contributed by atoms with Crippen molar-refractivity contribution in [3.63, 3.8) is 0 Å². The molecule has 5 aromatic rings. The van der Waals surface area contributed by atoms with Gasteiger partial charge < -0.3 is 14.5 Å². The van der Waals surface area contributed by atoms with E-state index in [1.165, 1.54) is 0 Å². The number of nitrogens with zero attached hydrogens (tertiary/aromatic N) is 8. The third kappa shape index (κ3) is 3.97. The first kappa shape index (κ1) is 21.2. The van der Waals surface area contributed by atoms with Gasteiger partial charge in [0.1, 0.15) is 11.6 Å². The minimum absolute atomic E-state index is 0.564. The number of hydrogen-bond acceptors (Lipinski definition) is 8. The highest BCUT2D eigenvalue weighted by Crippen LogP contribution is 2.35. The fourth-order valence-corrected chi connectivity index (χ4v) is 4.37. The Morgan fingerprint density at radius 2 is 1.80 bits per heavy atom.